The normalized spacial score (nSPS) is 12.4. The van der Waals surface area contributed by atoms with Gasteiger partial charge in [-0.25, -0.2) is 8.42 Å². The van der Waals surface area contributed by atoms with Gasteiger partial charge in [-0.3, -0.25) is 4.72 Å². The number of rotatable bonds is 6. The minimum Gasteiger partial charge on any atom is -0.364 e. The molecule has 0 aliphatic carbocycles. The zero-order valence-electron chi connectivity index (χ0n) is 13.3. The van der Waals surface area contributed by atoms with Crippen LogP contribution in [0.2, 0.25) is 5.02 Å². The molecule has 2 N–H and O–H groups in total. The van der Waals surface area contributed by atoms with E-state index in [1.807, 2.05) is 36.4 Å². The fourth-order valence-corrected chi connectivity index (χ4v) is 3.91. The molecule has 0 saturated carbocycles. The highest BCUT2D eigenvalue weighted by Crippen LogP contribution is 2.27. The third-order valence-corrected chi connectivity index (χ3v) is 5.37. The summed E-state index contributed by atoms with van der Waals surface area (Å²) in [6, 6.07) is 24.8. The predicted octanol–water partition coefficient (Wildman–Crippen LogP) is 4.89. The Hall–Kier alpha value is -2.50. The van der Waals surface area contributed by atoms with Crippen LogP contribution in [0.15, 0.2) is 84.9 Å². The molecule has 0 aliphatic heterocycles. The highest BCUT2D eigenvalue weighted by molar-refractivity contribution is 7.93. The molecule has 3 rings (SSSR count). The lowest BCUT2D eigenvalue weighted by atomic mass is 10.2. The van der Waals surface area contributed by atoms with Crippen molar-refractivity contribution in [1.82, 2.24) is 0 Å². The van der Waals surface area contributed by atoms with Crippen LogP contribution >= 0.6 is 11.6 Å². The molecule has 128 valence electrons. The van der Waals surface area contributed by atoms with E-state index in [1.165, 1.54) is 0 Å². The molecule has 0 aromatic heterocycles. The Labute approximate surface area is 152 Å². The number of hydrogen-bond acceptors (Lipinski definition) is 3. The smallest absolute Gasteiger partial charge is 0.258 e. The lowest BCUT2D eigenvalue weighted by molar-refractivity contribution is 0.593. The molecule has 6 heteroatoms. The summed E-state index contributed by atoms with van der Waals surface area (Å²) in [4.78, 5) is 0. The molecule has 4 nitrogen and oxygen atoms in total. The Bertz CT molecular complexity index is 915. The van der Waals surface area contributed by atoms with Crippen LogP contribution in [0.5, 0.6) is 0 Å². The van der Waals surface area contributed by atoms with Crippen LogP contribution in [0.3, 0.4) is 0 Å². The zero-order valence-corrected chi connectivity index (χ0v) is 14.8. The molecular weight excluding hydrogens is 356 g/mol. The summed E-state index contributed by atoms with van der Waals surface area (Å²) in [7, 11) is -3.74. The average molecular weight is 373 g/mol. The van der Waals surface area contributed by atoms with E-state index in [2.05, 4.69) is 10.0 Å². The van der Waals surface area contributed by atoms with Crippen molar-refractivity contribution < 1.29 is 8.42 Å². The van der Waals surface area contributed by atoms with Crippen molar-refractivity contribution in [3.8, 4) is 0 Å². The molecule has 0 heterocycles. The second kappa shape index (κ2) is 7.59. The highest BCUT2D eigenvalue weighted by Gasteiger charge is 2.27. The Kier molecular flexibility index (Phi) is 5.26. The molecule has 0 fully saturated rings. The number of sulfonamides is 1. The molecule has 1 atom stereocenters. The van der Waals surface area contributed by atoms with Gasteiger partial charge in [0.2, 0.25) is 0 Å². The summed E-state index contributed by atoms with van der Waals surface area (Å²) in [5.74, 6) is 0. The number of halogens is 1. The maximum absolute atomic E-state index is 13.0. The third-order valence-electron chi connectivity index (χ3n) is 3.59. The van der Waals surface area contributed by atoms with E-state index in [0.29, 0.717) is 22.0 Å². The van der Waals surface area contributed by atoms with Gasteiger partial charge in [0.1, 0.15) is 0 Å². The molecular formula is C19H17ClN2O2S. The first-order chi connectivity index (χ1) is 12.0. The zero-order chi connectivity index (χ0) is 17.7. The number of benzene rings is 3. The van der Waals surface area contributed by atoms with E-state index in [1.54, 1.807) is 48.5 Å². The minimum absolute atomic E-state index is 0.510. The number of para-hydroxylation sites is 2. The first-order valence-electron chi connectivity index (χ1n) is 7.68. The molecule has 25 heavy (non-hydrogen) atoms. The van der Waals surface area contributed by atoms with Crippen LogP contribution in [0, 0.1) is 0 Å². The lowest BCUT2D eigenvalue weighted by Crippen LogP contribution is -2.27. The maximum Gasteiger partial charge on any atom is 0.258 e. The standard InChI is InChI=1S/C19H17ClN2O2S/c20-16-13-11-15(12-14-16)19(21-17-7-3-1-4-8-17)25(23,24)22-18-9-5-2-6-10-18/h1-14,19,21-22H. The van der Waals surface area contributed by atoms with Gasteiger partial charge in [0, 0.05) is 16.4 Å². The molecule has 0 amide bonds. The lowest BCUT2D eigenvalue weighted by Gasteiger charge is -2.22. The second-order valence-corrected chi connectivity index (χ2v) is 7.66. The van der Waals surface area contributed by atoms with Gasteiger partial charge in [-0.15, -0.1) is 0 Å². The van der Waals surface area contributed by atoms with Crippen LogP contribution in [-0.4, -0.2) is 8.42 Å². The van der Waals surface area contributed by atoms with Gasteiger partial charge in [0.15, 0.2) is 5.37 Å². The summed E-state index contributed by atoms with van der Waals surface area (Å²) in [5.41, 5.74) is 1.81. The van der Waals surface area contributed by atoms with E-state index in [0.717, 1.165) is 0 Å². The fraction of sp³-hybridized carbons (Fsp3) is 0.0526. The average Bonchev–Trinajstić information content (AvgIpc) is 2.62. The van der Waals surface area contributed by atoms with Crippen LogP contribution < -0.4 is 10.0 Å². The summed E-state index contributed by atoms with van der Waals surface area (Å²) in [5, 5.41) is 2.67. The van der Waals surface area contributed by atoms with E-state index < -0.39 is 15.4 Å². The molecule has 0 saturated heterocycles. The Morgan fingerprint density at radius 2 is 1.24 bits per heavy atom. The molecule has 0 aliphatic rings. The van der Waals surface area contributed by atoms with Crippen LogP contribution in [0.25, 0.3) is 0 Å². The van der Waals surface area contributed by atoms with E-state index in [9.17, 15) is 8.42 Å². The fourth-order valence-electron chi connectivity index (χ4n) is 2.39. The molecule has 1 unspecified atom stereocenters. The van der Waals surface area contributed by atoms with Crippen molar-refractivity contribution in [2.75, 3.05) is 10.0 Å². The van der Waals surface area contributed by atoms with Crippen molar-refractivity contribution in [2.24, 2.45) is 0 Å². The minimum atomic E-state index is -3.74. The molecule has 0 spiro atoms. The van der Waals surface area contributed by atoms with E-state index >= 15 is 0 Å². The van der Waals surface area contributed by atoms with Crippen molar-refractivity contribution >= 4 is 33.0 Å². The van der Waals surface area contributed by atoms with E-state index in [-0.39, 0.29) is 0 Å². The van der Waals surface area contributed by atoms with Crippen molar-refractivity contribution in [1.29, 1.82) is 0 Å². The topological polar surface area (TPSA) is 58.2 Å². The van der Waals surface area contributed by atoms with Crippen molar-refractivity contribution in [3.05, 3.63) is 95.5 Å². The first-order valence-corrected chi connectivity index (χ1v) is 9.61. The Morgan fingerprint density at radius 1 is 0.720 bits per heavy atom. The van der Waals surface area contributed by atoms with Gasteiger partial charge in [0.05, 0.1) is 0 Å². The number of anilines is 2. The van der Waals surface area contributed by atoms with E-state index in [4.69, 9.17) is 11.6 Å². The van der Waals surface area contributed by atoms with Gasteiger partial charge < -0.3 is 5.32 Å². The molecule has 3 aromatic rings. The third kappa shape index (κ3) is 4.53. The SMILES string of the molecule is O=S(=O)(Nc1ccccc1)C(Nc1ccccc1)c1ccc(Cl)cc1. The number of hydrogen-bond donors (Lipinski definition) is 2. The van der Waals surface area contributed by atoms with Crippen LogP contribution in [0.1, 0.15) is 10.9 Å². The highest BCUT2D eigenvalue weighted by atomic mass is 35.5. The second-order valence-electron chi connectivity index (χ2n) is 5.46. The summed E-state index contributed by atoms with van der Waals surface area (Å²) < 4.78 is 28.6. The molecule has 0 radical (unpaired) electrons. The van der Waals surface area contributed by atoms with Crippen molar-refractivity contribution in [3.63, 3.8) is 0 Å². The molecule has 3 aromatic carbocycles. The van der Waals surface area contributed by atoms with Gasteiger partial charge in [0.25, 0.3) is 10.0 Å². The summed E-state index contributed by atoms with van der Waals surface area (Å²) in [6.45, 7) is 0. The summed E-state index contributed by atoms with van der Waals surface area (Å²) in [6.07, 6.45) is 0. The van der Waals surface area contributed by atoms with Gasteiger partial charge in [-0.2, -0.15) is 0 Å². The van der Waals surface area contributed by atoms with Crippen LogP contribution in [-0.2, 0) is 10.0 Å². The first kappa shape index (κ1) is 17.3. The van der Waals surface area contributed by atoms with Gasteiger partial charge in [-0.1, -0.05) is 60.1 Å². The Balaban J connectivity index is 1.96. The van der Waals surface area contributed by atoms with Gasteiger partial charge in [-0.05, 0) is 42.0 Å². The van der Waals surface area contributed by atoms with Crippen LogP contribution in [0.4, 0.5) is 11.4 Å². The van der Waals surface area contributed by atoms with Gasteiger partial charge >= 0.3 is 0 Å². The predicted molar refractivity (Wildman–Crippen MR) is 103 cm³/mol. The largest absolute Gasteiger partial charge is 0.364 e. The monoisotopic (exact) mass is 372 g/mol. The molecule has 0 bridgehead atoms. The van der Waals surface area contributed by atoms with Crippen molar-refractivity contribution in [2.45, 2.75) is 5.37 Å². The Morgan fingerprint density at radius 3 is 1.80 bits per heavy atom. The summed E-state index contributed by atoms with van der Waals surface area (Å²) >= 11 is 5.94. The number of nitrogens with one attached hydrogen (secondary N) is 2. The quantitative estimate of drug-likeness (QED) is 0.647. The maximum atomic E-state index is 13.0.